The van der Waals surface area contributed by atoms with Gasteiger partial charge >= 0.3 is 0 Å². The average Bonchev–Trinajstić information content (AvgIpc) is 3.25. The van der Waals surface area contributed by atoms with Crippen LogP contribution in [0.5, 0.6) is 5.75 Å². The maximum Gasteiger partial charge on any atom is 0.264 e. The molecule has 1 amide bonds. The number of anilines is 1. The summed E-state index contributed by atoms with van der Waals surface area (Å²) in [6.45, 7) is 10.2. The van der Waals surface area contributed by atoms with Crippen molar-refractivity contribution < 1.29 is 23.1 Å². The second-order valence-corrected chi connectivity index (χ2v) is 19.4. The zero-order valence-corrected chi connectivity index (χ0v) is 32.3. The molecule has 2 saturated heterocycles. The number of piperidine rings is 1. The van der Waals surface area contributed by atoms with E-state index in [-0.39, 0.29) is 28.7 Å². The van der Waals surface area contributed by atoms with Crippen molar-refractivity contribution in [3.05, 3.63) is 70.3 Å². The molecular weight excluding hydrogens is 696 g/mol. The van der Waals surface area contributed by atoms with Crippen molar-refractivity contribution in [3.8, 4) is 5.75 Å². The Morgan fingerprint density at radius 2 is 1.88 bits per heavy atom. The second kappa shape index (κ2) is 14.2. The Hall–Kier alpha value is -2.63. The molecule has 2 aromatic rings. The van der Waals surface area contributed by atoms with E-state index < -0.39 is 26.8 Å². The van der Waals surface area contributed by atoms with Gasteiger partial charge in [-0.2, -0.15) is 0 Å². The van der Waals surface area contributed by atoms with E-state index in [1.54, 1.807) is 13.0 Å². The maximum absolute atomic E-state index is 13.6. The van der Waals surface area contributed by atoms with E-state index in [1.807, 2.05) is 37.3 Å². The number of hydrogen-bond acceptors (Lipinski definition) is 8. The van der Waals surface area contributed by atoms with Gasteiger partial charge in [0, 0.05) is 61.3 Å². The molecule has 8 rings (SSSR count). The van der Waals surface area contributed by atoms with Crippen LogP contribution in [0.3, 0.4) is 0 Å². The summed E-state index contributed by atoms with van der Waals surface area (Å²) in [5, 5.41) is 12.8. The minimum atomic E-state index is -3.97. The minimum absolute atomic E-state index is 0.0463. The van der Waals surface area contributed by atoms with Crippen molar-refractivity contribution in [2.75, 3.05) is 57.3 Å². The molecular formula is C41H55ClN4O5S. The highest BCUT2D eigenvalue weighted by atomic mass is 35.5. The first-order valence-corrected chi connectivity index (χ1v) is 21.6. The highest BCUT2D eigenvalue weighted by Gasteiger charge is 2.49. The third-order valence-corrected chi connectivity index (χ3v) is 15.8. The summed E-state index contributed by atoms with van der Waals surface area (Å²) >= 11 is 6.49. The van der Waals surface area contributed by atoms with E-state index in [4.69, 9.17) is 16.3 Å². The smallest absolute Gasteiger partial charge is 0.264 e. The number of carbonyl (C=O) groups excluding carboxylic acids is 1. The number of hydrogen-bond donors (Lipinski definition) is 2. The number of fused-ring (bicyclic) bond motifs is 5. The summed E-state index contributed by atoms with van der Waals surface area (Å²) in [4.78, 5) is 21.1. The van der Waals surface area contributed by atoms with Crippen molar-refractivity contribution in [1.82, 2.24) is 14.5 Å². The molecule has 11 heteroatoms. The first-order chi connectivity index (χ1) is 24.9. The predicted molar refractivity (Wildman–Crippen MR) is 206 cm³/mol. The highest BCUT2D eigenvalue weighted by Crippen LogP contribution is 2.48. The number of halogens is 1. The lowest BCUT2D eigenvalue weighted by atomic mass is 9.63. The number of aliphatic hydroxyl groups is 1. The number of amides is 1. The number of sulfonamides is 1. The van der Waals surface area contributed by atoms with Gasteiger partial charge in [0.1, 0.15) is 5.75 Å². The number of carbonyl (C=O) groups is 1. The molecule has 9 nitrogen and oxygen atoms in total. The van der Waals surface area contributed by atoms with Crippen LogP contribution in [0, 0.1) is 17.8 Å². The quantitative estimate of drug-likeness (QED) is 0.373. The molecule has 6 aliphatic rings. The van der Waals surface area contributed by atoms with Crippen LogP contribution < -0.4 is 14.4 Å². The lowest BCUT2D eigenvalue weighted by molar-refractivity contribution is -0.0766. The molecule has 1 spiro atoms. The van der Waals surface area contributed by atoms with E-state index >= 15 is 0 Å². The van der Waals surface area contributed by atoms with Crippen LogP contribution >= 0.6 is 11.6 Å². The zero-order valence-electron chi connectivity index (χ0n) is 30.7. The standard InChI is InChI=1S/C41H55ClN4O5S/c1-28-7-5-17-41(48,26-44-19-20-45-18-4-3-9-34(45)24-44)36-13-10-32(36)23-46-25-40(16-6-8-30-21-33(42)12-14-35(30)40)27-51-38-15-11-31(22-37(38)46)39(47)43-52(49,50)29(28)2/h5,11-12,14-15,17,21-22,28-29,32,34,36,48H,3-4,6-10,13,16,18-20,23-27H2,1-2H3,(H,43,47)/b17-5-/t28-,29+,32-,34+,36+,40-,41-/m0/s1. The Morgan fingerprint density at radius 3 is 2.71 bits per heavy atom. The average molecular weight is 751 g/mol. The van der Waals surface area contributed by atoms with E-state index in [0.29, 0.717) is 44.5 Å². The number of ether oxygens (including phenoxy) is 1. The summed E-state index contributed by atoms with van der Waals surface area (Å²) in [5.74, 6) is 0.0722. The third kappa shape index (κ3) is 6.91. The summed E-state index contributed by atoms with van der Waals surface area (Å²) in [6, 6.07) is 12.1. The predicted octanol–water partition coefficient (Wildman–Crippen LogP) is 5.78. The summed E-state index contributed by atoms with van der Waals surface area (Å²) < 4.78 is 36.2. The van der Waals surface area contributed by atoms with Gasteiger partial charge in [0.05, 0.1) is 23.1 Å². The van der Waals surface area contributed by atoms with Crippen LogP contribution in [0.2, 0.25) is 5.02 Å². The van der Waals surface area contributed by atoms with Crippen molar-refractivity contribution >= 4 is 33.2 Å². The van der Waals surface area contributed by atoms with Gasteiger partial charge in [0.25, 0.3) is 5.91 Å². The molecule has 52 heavy (non-hydrogen) atoms. The van der Waals surface area contributed by atoms with Crippen molar-refractivity contribution in [2.24, 2.45) is 17.8 Å². The Bertz CT molecular complexity index is 1820. The monoisotopic (exact) mass is 750 g/mol. The van der Waals surface area contributed by atoms with Gasteiger partial charge in [-0.3, -0.25) is 14.6 Å². The number of benzene rings is 2. The molecule has 4 aliphatic heterocycles. The van der Waals surface area contributed by atoms with Crippen molar-refractivity contribution in [2.45, 2.75) is 93.9 Å². The fraction of sp³-hybridized carbons (Fsp3) is 0.634. The molecule has 282 valence electrons. The van der Waals surface area contributed by atoms with Crippen molar-refractivity contribution in [3.63, 3.8) is 0 Å². The van der Waals surface area contributed by atoms with E-state index in [1.165, 1.54) is 36.9 Å². The fourth-order valence-corrected chi connectivity index (χ4v) is 11.7. The lowest BCUT2D eigenvalue weighted by Crippen LogP contribution is -2.60. The Morgan fingerprint density at radius 1 is 1.02 bits per heavy atom. The van der Waals surface area contributed by atoms with Gasteiger partial charge in [-0.1, -0.05) is 43.2 Å². The van der Waals surface area contributed by atoms with Crippen LogP contribution in [0.4, 0.5) is 5.69 Å². The lowest BCUT2D eigenvalue weighted by Gasteiger charge is -2.52. The van der Waals surface area contributed by atoms with Crippen LogP contribution in [-0.2, 0) is 21.9 Å². The summed E-state index contributed by atoms with van der Waals surface area (Å²) in [6.07, 6.45) is 13.2. The molecule has 2 bridgehead atoms. The molecule has 0 unspecified atom stereocenters. The normalized spacial score (nSPS) is 35.9. The number of nitrogens with one attached hydrogen (secondary N) is 1. The second-order valence-electron chi connectivity index (χ2n) is 16.9. The number of piperazine rings is 1. The van der Waals surface area contributed by atoms with Crippen molar-refractivity contribution in [1.29, 1.82) is 0 Å². The molecule has 0 aromatic heterocycles. The number of rotatable bonds is 2. The minimum Gasteiger partial charge on any atom is -0.490 e. The van der Waals surface area contributed by atoms with E-state index in [9.17, 15) is 18.3 Å². The number of aryl methyl sites for hydroxylation is 1. The van der Waals surface area contributed by atoms with Gasteiger partial charge in [-0.15, -0.1) is 0 Å². The first-order valence-electron chi connectivity index (χ1n) is 19.7. The number of allylic oxidation sites excluding steroid dienone is 1. The Labute approximate surface area is 314 Å². The largest absolute Gasteiger partial charge is 0.490 e. The van der Waals surface area contributed by atoms with E-state index in [2.05, 4.69) is 31.6 Å². The molecule has 0 radical (unpaired) electrons. The molecule has 7 atom stereocenters. The SMILES string of the molecule is C[C@@H]1[C@@H](C)C/C=C\[C@](O)(CN2CCN3CCCC[C@@H]3C2)[C@@H]2CC[C@H]2CN2C[C@@]3(CCCc4cc(Cl)ccc43)COc3ccc(cc32)C(=O)NS1(=O)=O. The summed E-state index contributed by atoms with van der Waals surface area (Å²) in [7, 11) is -3.97. The van der Waals surface area contributed by atoms with Crippen LogP contribution in [0.1, 0.15) is 86.7 Å². The number of nitrogens with zero attached hydrogens (tertiary/aromatic N) is 3. The topological polar surface area (TPSA) is 102 Å². The van der Waals surface area contributed by atoms with Gasteiger partial charge in [-0.25, -0.2) is 13.1 Å². The van der Waals surface area contributed by atoms with E-state index in [0.717, 1.165) is 62.4 Å². The van der Waals surface area contributed by atoms with Crippen LogP contribution in [0.25, 0.3) is 0 Å². The zero-order chi connectivity index (χ0) is 36.3. The molecule has 3 fully saturated rings. The molecule has 1 saturated carbocycles. The molecule has 2 N–H and O–H groups in total. The van der Waals surface area contributed by atoms with Gasteiger partial charge in [0.2, 0.25) is 10.0 Å². The van der Waals surface area contributed by atoms with Gasteiger partial charge in [-0.05, 0) is 124 Å². The Kier molecular flexibility index (Phi) is 9.94. The van der Waals surface area contributed by atoms with Crippen LogP contribution in [-0.4, -0.2) is 98.5 Å². The molecule has 2 aliphatic carbocycles. The fourth-order valence-electron chi connectivity index (χ4n) is 10.3. The molecule has 4 heterocycles. The van der Waals surface area contributed by atoms with Gasteiger partial charge in [0.15, 0.2) is 0 Å². The summed E-state index contributed by atoms with van der Waals surface area (Å²) in [5.41, 5.74) is 2.28. The van der Waals surface area contributed by atoms with Gasteiger partial charge < -0.3 is 14.7 Å². The Balaban J connectivity index is 1.17. The molecule has 2 aromatic carbocycles. The number of β-amino-alcohol motifs (C(OH)–C–C–N with tert-alkyl or cyclic N) is 1. The first kappa shape index (κ1) is 36.4. The highest BCUT2D eigenvalue weighted by molar-refractivity contribution is 7.90. The maximum atomic E-state index is 13.6. The van der Waals surface area contributed by atoms with Crippen LogP contribution in [0.15, 0.2) is 48.6 Å². The third-order valence-electron chi connectivity index (χ3n) is 13.7.